The van der Waals surface area contributed by atoms with Crippen molar-refractivity contribution in [1.29, 1.82) is 0 Å². The van der Waals surface area contributed by atoms with E-state index in [4.69, 9.17) is 4.74 Å². The summed E-state index contributed by atoms with van der Waals surface area (Å²) in [6.07, 6.45) is 0.692. The summed E-state index contributed by atoms with van der Waals surface area (Å²) < 4.78 is 17.7. The highest BCUT2D eigenvalue weighted by atomic mass is 19.1. The first kappa shape index (κ1) is 7.91. The van der Waals surface area contributed by atoms with Crippen LogP contribution in [-0.2, 0) is 0 Å². The average molecular weight is 178 g/mol. The van der Waals surface area contributed by atoms with Crippen molar-refractivity contribution in [3.63, 3.8) is 0 Å². The van der Waals surface area contributed by atoms with Crippen LogP contribution in [0, 0.1) is 6.08 Å². The number of hydrogen-bond donors (Lipinski definition) is 0. The zero-order valence-electron chi connectivity index (χ0n) is 6.99. The maximum Gasteiger partial charge on any atom is 0.309 e. The van der Waals surface area contributed by atoms with Crippen LogP contribution in [0.1, 0.15) is 0 Å². The van der Waals surface area contributed by atoms with Gasteiger partial charge in [-0.05, 0) is 12.1 Å². The van der Waals surface area contributed by atoms with Crippen LogP contribution in [0.2, 0.25) is 0 Å². The number of ether oxygens (including phenoxy) is 1. The summed E-state index contributed by atoms with van der Waals surface area (Å²) in [6, 6.07) is 5.25. The molecule has 3 nitrogen and oxygen atoms in total. The highest BCUT2D eigenvalue weighted by molar-refractivity contribution is 5.83. The van der Waals surface area contributed by atoms with Gasteiger partial charge in [-0.1, -0.05) is 6.07 Å². The zero-order chi connectivity index (χ0) is 9.26. The molecule has 66 valence electrons. The lowest BCUT2D eigenvalue weighted by Crippen LogP contribution is -1.91. The van der Waals surface area contributed by atoms with E-state index in [1.54, 1.807) is 25.3 Å². The topological polar surface area (TPSA) is 35.0 Å². The van der Waals surface area contributed by atoms with Crippen LogP contribution in [0.25, 0.3) is 10.9 Å². The summed E-state index contributed by atoms with van der Waals surface area (Å²) in [5, 5.41) is 0.714. The van der Waals surface area contributed by atoms with Crippen molar-refractivity contribution in [2.75, 3.05) is 7.11 Å². The number of aromatic nitrogens is 2. The molecule has 4 heteroatoms. The standard InChI is InChI=1S/C9H7FN2O/c1-13-8-4-2-3-7-6(8)5-11-9(10)12-7/h2-5H,1H3. The Morgan fingerprint density at radius 3 is 3.00 bits per heavy atom. The molecule has 0 aliphatic heterocycles. The van der Waals surface area contributed by atoms with E-state index in [-0.39, 0.29) is 0 Å². The first-order valence-corrected chi connectivity index (χ1v) is 3.76. The molecule has 0 fully saturated rings. The second kappa shape index (κ2) is 2.97. The molecule has 0 aliphatic carbocycles. The maximum absolute atomic E-state index is 12.6. The van der Waals surface area contributed by atoms with Crippen LogP contribution in [0.15, 0.2) is 24.4 Å². The van der Waals surface area contributed by atoms with Crippen LogP contribution in [0.3, 0.4) is 0 Å². The van der Waals surface area contributed by atoms with Crippen molar-refractivity contribution in [3.05, 3.63) is 30.5 Å². The Kier molecular flexibility index (Phi) is 1.81. The number of benzene rings is 1. The van der Waals surface area contributed by atoms with Crippen molar-refractivity contribution in [2.45, 2.75) is 0 Å². The minimum Gasteiger partial charge on any atom is -0.496 e. The van der Waals surface area contributed by atoms with Crippen LogP contribution < -0.4 is 4.74 Å². The fourth-order valence-electron chi connectivity index (χ4n) is 1.18. The number of hydrogen-bond acceptors (Lipinski definition) is 3. The highest BCUT2D eigenvalue weighted by Crippen LogP contribution is 2.22. The minimum atomic E-state index is -0.722. The number of rotatable bonds is 1. The fraction of sp³-hybridized carbons (Fsp3) is 0.111. The second-order valence-electron chi connectivity index (χ2n) is 2.53. The van der Waals surface area contributed by atoms with E-state index in [1.165, 1.54) is 6.20 Å². The normalized spacial score (nSPS) is 10.3. The van der Waals surface area contributed by atoms with Gasteiger partial charge in [0.25, 0.3) is 0 Å². The Labute approximate surface area is 74.2 Å². The van der Waals surface area contributed by atoms with E-state index < -0.39 is 6.08 Å². The maximum atomic E-state index is 12.6. The van der Waals surface area contributed by atoms with E-state index in [2.05, 4.69) is 9.97 Å². The largest absolute Gasteiger partial charge is 0.496 e. The van der Waals surface area contributed by atoms with Gasteiger partial charge >= 0.3 is 6.08 Å². The highest BCUT2D eigenvalue weighted by Gasteiger charge is 2.02. The molecule has 0 N–H and O–H groups in total. The van der Waals surface area contributed by atoms with Gasteiger partial charge in [-0.15, -0.1) is 0 Å². The molecule has 13 heavy (non-hydrogen) atoms. The van der Waals surface area contributed by atoms with Gasteiger partial charge in [0.15, 0.2) is 0 Å². The van der Waals surface area contributed by atoms with E-state index in [0.29, 0.717) is 16.7 Å². The van der Waals surface area contributed by atoms with Crippen molar-refractivity contribution in [2.24, 2.45) is 0 Å². The Bertz CT molecular complexity index is 445. The first-order chi connectivity index (χ1) is 6.31. The lowest BCUT2D eigenvalue weighted by molar-refractivity contribution is 0.419. The molecular formula is C9H7FN2O. The molecular weight excluding hydrogens is 171 g/mol. The molecule has 0 atom stereocenters. The summed E-state index contributed by atoms with van der Waals surface area (Å²) in [5.41, 5.74) is 0.548. The molecule has 0 saturated heterocycles. The number of fused-ring (bicyclic) bond motifs is 1. The van der Waals surface area contributed by atoms with Crippen molar-refractivity contribution in [3.8, 4) is 5.75 Å². The fourth-order valence-corrected chi connectivity index (χ4v) is 1.18. The quantitative estimate of drug-likeness (QED) is 0.624. The van der Waals surface area contributed by atoms with Gasteiger partial charge in [0.2, 0.25) is 0 Å². The van der Waals surface area contributed by atoms with Crippen molar-refractivity contribution in [1.82, 2.24) is 9.97 Å². The molecule has 0 bridgehead atoms. The van der Waals surface area contributed by atoms with Crippen LogP contribution in [0.4, 0.5) is 4.39 Å². The predicted molar refractivity (Wildman–Crippen MR) is 46.0 cm³/mol. The number of halogens is 1. The third-order valence-corrected chi connectivity index (χ3v) is 1.78. The Hall–Kier alpha value is -1.71. The van der Waals surface area contributed by atoms with Crippen LogP contribution in [-0.4, -0.2) is 17.1 Å². The van der Waals surface area contributed by atoms with Gasteiger partial charge in [-0.25, -0.2) is 9.97 Å². The molecule has 1 aromatic heterocycles. The average Bonchev–Trinajstić information content (AvgIpc) is 2.16. The lowest BCUT2D eigenvalue weighted by Gasteiger charge is -2.02. The molecule has 0 aliphatic rings. The summed E-state index contributed by atoms with van der Waals surface area (Å²) in [5.74, 6) is 0.650. The number of methoxy groups -OCH3 is 1. The summed E-state index contributed by atoms with van der Waals surface area (Å²) in [6.45, 7) is 0. The van der Waals surface area contributed by atoms with E-state index in [9.17, 15) is 4.39 Å². The molecule has 0 amide bonds. The first-order valence-electron chi connectivity index (χ1n) is 3.76. The molecule has 1 heterocycles. The third kappa shape index (κ3) is 1.30. The Morgan fingerprint density at radius 1 is 1.38 bits per heavy atom. The number of nitrogens with zero attached hydrogens (tertiary/aromatic N) is 2. The van der Waals surface area contributed by atoms with Gasteiger partial charge in [0.05, 0.1) is 18.0 Å². The summed E-state index contributed by atoms with van der Waals surface area (Å²) in [7, 11) is 1.55. The second-order valence-corrected chi connectivity index (χ2v) is 2.53. The van der Waals surface area contributed by atoms with E-state index in [0.717, 1.165) is 0 Å². The Morgan fingerprint density at radius 2 is 2.23 bits per heavy atom. The van der Waals surface area contributed by atoms with Crippen LogP contribution in [0.5, 0.6) is 5.75 Å². The zero-order valence-corrected chi connectivity index (χ0v) is 6.99. The lowest BCUT2D eigenvalue weighted by atomic mass is 10.2. The smallest absolute Gasteiger partial charge is 0.309 e. The molecule has 1 aromatic carbocycles. The van der Waals surface area contributed by atoms with Crippen molar-refractivity contribution < 1.29 is 9.13 Å². The Balaban J connectivity index is 2.77. The van der Waals surface area contributed by atoms with E-state index in [1.807, 2.05) is 0 Å². The van der Waals surface area contributed by atoms with Crippen molar-refractivity contribution >= 4 is 10.9 Å². The third-order valence-electron chi connectivity index (χ3n) is 1.78. The van der Waals surface area contributed by atoms with Gasteiger partial charge in [0.1, 0.15) is 5.75 Å². The molecule has 2 aromatic rings. The van der Waals surface area contributed by atoms with E-state index >= 15 is 0 Å². The van der Waals surface area contributed by atoms with Gasteiger partial charge in [-0.2, -0.15) is 4.39 Å². The van der Waals surface area contributed by atoms with Gasteiger partial charge < -0.3 is 4.74 Å². The molecule has 0 radical (unpaired) electrons. The minimum absolute atomic E-state index is 0.548. The molecule has 2 rings (SSSR count). The summed E-state index contributed by atoms with van der Waals surface area (Å²) in [4.78, 5) is 7.08. The SMILES string of the molecule is COc1cccc2nc(F)ncc12. The molecule has 0 spiro atoms. The van der Waals surface area contributed by atoms with Gasteiger partial charge in [0, 0.05) is 6.20 Å². The molecule has 0 saturated carbocycles. The summed E-state index contributed by atoms with van der Waals surface area (Å²) >= 11 is 0. The van der Waals surface area contributed by atoms with Crippen LogP contribution >= 0.6 is 0 Å². The predicted octanol–water partition coefficient (Wildman–Crippen LogP) is 1.78. The molecule has 0 unspecified atom stereocenters. The monoisotopic (exact) mass is 178 g/mol. The van der Waals surface area contributed by atoms with Gasteiger partial charge in [-0.3, -0.25) is 0 Å².